The van der Waals surface area contributed by atoms with Crippen molar-refractivity contribution in [3.05, 3.63) is 65.5 Å². The van der Waals surface area contributed by atoms with Crippen LogP contribution < -0.4 is 0 Å². The van der Waals surface area contributed by atoms with Gasteiger partial charge in [0, 0.05) is 12.5 Å². The molecule has 2 nitrogen and oxygen atoms in total. The third-order valence-electron chi connectivity index (χ3n) is 6.68. The first-order valence-electron chi connectivity index (χ1n) is 13.1. The SMILES string of the molecule is CCCCCCCCCCCn1c([C@H](C)c2ccc(CC(C)C)cc2)nc2ccccc21. The molecule has 1 heterocycles. The number of aromatic nitrogens is 2. The van der Waals surface area contributed by atoms with E-state index in [1.165, 1.54) is 80.3 Å². The molecule has 0 N–H and O–H groups in total. The van der Waals surface area contributed by atoms with E-state index in [4.69, 9.17) is 4.98 Å². The second kappa shape index (κ2) is 12.8. The molecule has 0 aliphatic carbocycles. The van der Waals surface area contributed by atoms with Crippen molar-refractivity contribution in [2.75, 3.05) is 0 Å². The number of benzene rings is 2. The van der Waals surface area contributed by atoms with Gasteiger partial charge in [-0.1, -0.05) is 115 Å². The lowest BCUT2D eigenvalue weighted by Gasteiger charge is -2.16. The zero-order valence-electron chi connectivity index (χ0n) is 20.9. The first-order valence-corrected chi connectivity index (χ1v) is 13.1. The standard InChI is InChI=1S/C30H44N2/c1-5-6-7-8-9-10-11-12-15-22-32-29-17-14-13-16-28(29)31-30(32)25(4)27-20-18-26(19-21-27)23-24(2)3/h13-14,16-21,24-25H,5-12,15,22-23H2,1-4H3/t25-/m1/s1. The van der Waals surface area contributed by atoms with Crippen molar-refractivity contribution in [1.82, 2.24) is 9.55 Å². The molecule has 0 bridgehead atoms. The van der Waals surface area contributed by atoms with Gasteiger partial charge < -0.3 is 4.57 Å². The van der Waals surface area contributed by atoms with Gasteiger partial charge in [-0.05, 0) is 42.0 Å². The van der Waals surface area contributed by atoms with Gasteiger partial charge in [0.25, 0.3) is 0 Å². The van der Waals surface area contributed by atoms with Crippen molar-refractivity contribution in [3.63, 3.8) is 0 Å². The molecule has 0 saturated carbocycles. The Balaban J connectivity index is 1.63. The Bertz CT molecular complexity index is 920. The summed E-state index contributed by atoms with van der Waals surface area (Å²) in [4.78, 5) is 5.08. The van der Waals surface area contributed by atoms with Gasteiger partial charge in [-0.25, -0.2) is 4.98 Å². The normalized spacial score (nSPS) is 12.7. The molecule has 2 heteroatoms. The number of nitrogens with zero attached hydrogens (tertiary/aromatic N) is 2. The van der Waals surface area contributed by atoms with Gasteiger partial charge >= 0.3 is 0 Å². The molecule has 2 aromatic carbocycles. The molecule has 3 aromatic rings. The topological polar surface area (TPSA) is 17.8 Å². The molecule has 0 fully saturated rings. The van der Waals surface area contributed by atoms with Gasteiger partial charge in [0.1, 0.15) is 5.82 Å². The van der Waals surface area contributed by atoms with Gasteiger partial charge in [-0.15, -0.1) is 0 Å². The maximum atomic E-state index is 5.08. The minimum absolute atomic E-state index is 0.300. The van der Waals surface area contributed by atoms with E-state index in [9.17, 15) is 0 Å². The Morgan fingerprint density at radius 3 is 2.03 bits per heavy atom. The van der Waals surface area contributed by atoms with Crippen molar-refractivity contribution < 1.29 is 0 Å². The maximum Gasteiger partial charge on any atom is 0.117 e. The van der Waals surface area contributed by atoms with E-state index in [1.54, 1.807) is 0 Å². The van der Waals surface area contributed by atoms with Crippen molar-refractivity contribution in [2.45, 2.75) is 104 Å². The van der Waals surface area contributed by atoms with Crippen molar-refractivity contribution in [2.24, 2.45) is 5.92 Å². The summed E-state index contributed by atoms with van der Waals surface area (Å²) in [6.07, 6.45) is 13.4. The third kappa shape index (κ3) is 6.95. The van der Waals surface area contributed by atoms with Crippen LogP contribution in [0.1, 0.15) is 108 Å². The molecule has 0 spiro atoms. The lowest BCUT2D eigenvalue weighted by atomic mass is 9.96. The van der Waals surface area contributed by atoms with E-state index < -0.39 is 0 Å². The van der Waals surface area contributed by atoms with Crippen LogP contribution in [-0.4, -0.2) is 9.55 Å². The second-order valence-electron chi connectivity index (χ2n) is 10.0. The van der Waals surface area contributed by atoms with Crippen LogP contribution in [0.3, 0.4) is 0 Å². The molecule has 0 aliphatic rings. The second-order valence-corrected chi connectivity index (χ2v) is 10.0. The van der Waals surface area contributed by atoms with Crippen LogP contribution in [0.25, 0.3) is 11.0 Å². The Labute approximate surface area is 196 Å². The molecule has 1 aromatic heterocycles. The highest BCUT2D eigenvalue weighted by atomic mass is 15.1. The molecular weight excluding hydrogens is 388 g/mol. The number of fused-ring (bicyclic) bond motifs is 1. The summed E-state index contributed by atoms with van der Waals surface area (Å²) < 4.78 is 2.49. The number of imidazole rings is 1. The summed E-state index contributed by atoms with van der Waals surface area (Å²) in [5.41, 5.74) is 5.20. The van der Waals surface area contributed by atoms with Crippen LogP contribution in [-0.2, 0) is 13.0 Å². The number of rotatable bonds is 14. The highest BCUT2D eigenvalue weighted by Crippen LogP contribution is 2.28. The van der Waals surface area contributed by atoms with Crippen LogP contribution in [0.2, 0.25) is 0 Å². The van der Waals surface area contributed by atoms with Crippen LogP contribution >= 0.6 is 0 Å². The minimum Gasteiger partial charge on any atom is -0.327 e. The average Bonchev–Trinajstić information content (AvgIpc) is 3.16. The number of para-hydroxylation sites is 2. The highest BCUT2D eigenvalue weighted by molar-refractivity contribution is 5.76. The Morgan fingerprint density at radius 1 is 0.750 bits per heavy atom. The lowest BCUT2D eigenvalue weighted by molar-refractivity contribution is 0.533. The summed E-state index contributed by atoms with van der Waals surface area (Å²) in [6, 6.07) is 17.9. The molecule has 0 saturated heterocycles. The van der Waals surface area contributed by atoms with Gasteiger partial charge in [-0.2, -0.15) is 0 Å². The fraction of sp³-hybridized carbons (Fsp3) is 0.567. The summed E-state index contributed by atoms with van der Waals surface area (Å²) >= 11 is 0. The summed E-state index contributed by atoms with van der Waals surface area (Å²) in [6.45, 7) is 10.2. The van der Waals surface area contributed by atoms with E-state index in [2.05, 4.69) is 80.8 Å². The summed E-state index contributed by atoms with van der Waals surface area (Å²) in [5, 5.41) is 0. The molecule has 1 atom stereocenters. The average molecular weight is 433 g/mol. The molecule has 0 radical (unpaired) electrons. The third-order valence-corrected chi connectivity index (χ3v) is 6.68. The van der Waals surface area contributed by atoms with Gasteiger partial charge in [0.2, 0.25) is 0 Å². The Kier molecular flexibility index (Phi) is 9.84. The predicted octanol–water partition coefficient (Wildman–Crippen LogP) is 8.92. The molecule has 0 amide bonds. The monoisotopic (exact) mass is 432 g/mol. The van der Waals surface area contributed by atoms with Crippen LogP contribution in [0.5, 0.6) is 0 Å². The number of aryl methyl sites for hydroxylation is 1. The zero-order chi connectivity index (χ0) is 22.8. The highest BCUT2D eigenvalue weighted by Gasteiger charge is 2.18. The fourth-order valence-electron chi connectivity index (χ4n) is 4.80. The first-order chi connectivity index (χ1) is 15.6. The van der Waals surface area contributed by atoms with E-state index >= 15 is 0 Å². The molecular formula is C30H44N2. The number of hydrogen-bond donors (Lipinski definition) is 0. The molecule has 0 unspecified atom stereocenters. The van der Waals surface area contributed by atoms with Crippen molar-refractivity contribution in [1.29, 1.82) is 0 Å². The molecule has 32 heavy (non-hydrogen) atoms. The summed E-state index contributed by atoms with van der Waals surface area (Å²) in [7, 11) is 0. The minimum atomic E-state index is 0.300. The Morgan fingerprint density at radius 2 is 1.38 bits per heavy atom. The van der Waals surface area contributed by atoms with Crippen molar-refractivity contribution in [3.8, 4) is 0 Å². The van der Waals surface area contributed by atoms with Gasteiger partial charge in [-0.3, -0.25) is 0 Å². The van der Waals surface area contributed by atoms with Gasteiger partial charge in [0.05, 0.1) is 11.0 Å². The van der Waals surface area contributed by atoms with Crippen LogP contribution in [0.15, 0.2) is 48.5 Å². The predicted molar refractivity (Wildman–Crippen MR) is 139 cm³/mol. The molecule has 0 aliphatic heterocycles. The van der Waals surface area contributed by atoms with Gasteiger partial charge in [0.15, 0.2) is 0 Å². The molecule has 3 rings (SSSR count). The van der Waals surface area contributed by atoms with Crippen LogP contribution in [0.4, 0.5) is 0 Å². The lowest BCUT2D eigenvalue weighted by Crippen LogP contribution is -2.09. The Hall–Kier alpha value is -2.09. The first kappa shape index (κ1) is 24.6. The number of hydrogen-bond acceptors (Lipinski definition) is 1. The van der Waals surface area contributed by atoms with E-state index in [1.807, 2.05) is 0 Å². The summed E-state index contributed by atoms with van der Waals surface area (Å²) in [5.74, 6) is 2.20. The van der Waals surface area contributed by atoms with E-state index in [0.717, 1.165) is 18.5 Å². The molecule has 174 valence electrons. The smallest absolute Gasteiger partial charge is 0.117 e. The quantitative estimate of drug-likeness (QED) is 0.232. The maximum absolute atomic E-state index is 5.08. The van der Waals surface area contributed by atoms with E-state index in [-0.39, 0.29) is 0 Å². The van der Waals surface area contributed by atoms with E-state index in [0.29, 0.717) is 11.8 Å². The van der Waals surface area contributed by atoms with Crippen LogP contribution in [0, 0.1) is 5.92 Å². The largest absolute Gasteiger partial charge is 0.327 e. The number of unbranched alkanes of at least 4 members (excludes halogenated alkanes) is 8. The fourth-order valence-corrected chi connectivity index (χ4v) is 4.80. The van der Waals surface area contributed by atoms with Crippen molar-refractivity contribution >= 4 is 11.0 Å². The zero-order valence-corrected chi connectivity index (χ0v) is 20.9.